The summed E-state index contributed by atoms with van der Waals surface area (Å²) in [7, 11) is 1.80. The fourth-order valence-electron chi connectivity index (χ4n) is 3.19. The summed E-state index contributed by atoms with van der Waals surface area (Å²) in [6, 6.07) is 0.774. The van der Waals surface area contributed by atoms with E-state index >= 15 is 0 Å². The van der Waals surface area contributed by atoms with E-state index < -0.39 is 0 Å². The van der Waals surface area contributed by atoms with Crippen molar-refractivity contribution in [2.45, 2.75) is 38.8 Å². The molecule has 2 heterocycles. The number of nitrogens with one attached hydrogen (secondary N) is 2. The van der Waals surface area contributed by atoms with E-state index in [1.807, 2.05) is 13.8 Å². The molecule has 0 aromatic rings. The summed E-state index contributed by atoms with van der Waals surface area (Å²) < 4.78 is 5.43. The van der Waals surface area contributed by atoms with E-state index in [1.165, 1.54) is 0 Å². The number of amides is 1. The van der Waals surface area contributed by atoms with Crippen molar-refractivity contribution < 1.29 is 9.53 Å². The molecule has 2 N–H and O–H groups in total. The topological polar surface area (TPSA) is 69.2 Å². The quantitative estimate of drug-likeness (QED) is 0.361. The highest BCUT2D eigenvalue weighted by Crippen LogP contribution is 2.16. The number of hydrogen-bond donors (Lipinski definition) is 2. The highest BCUT2D eigenvalue weighted by molar-refractivity contribution is 14.0. The Labute approximate surface area is 162 Å². The third-order valence-electron chi connectivity index (χ3n) is 4.32. The zero-order valence-electron chi connectivity index (χ0n) is 15.1. The molecule has 0 spiro atoms. The van der Waals surface area contributed by atoms with Crippen LogP contribution in [0.4, 0.5) is 0 Å². The van der Waals surface area contributed by atoms with Crippen molar-refractivity contribution in [3.63, 3.8) is 0 Å². The predicted molar refractivity (Wildman–Crippen MR) is 107 cm³/mol. The molecule has 8 heteroatoms. The van der Waals surface area contributed by atoms with Crippen LogP contribution >= 0.6 is 24.0 Å². The second-order valence-electron chi connectivity index (χ2n) is 6.48. The van der Waals surface area contributed by atoms with Gasteiger partial charge >= 0.3 is 0 Å². The molecule has 2 saturated heterocycles. The summed E-state index contributed by atoms with van der Waals surface area (Å²) >= 11 is 0. The summed E-state index contributed by atoms with van der Waals surface area (Å²) in [5, 5.41) is 6.21. The molecule has 0 aromatic carbocycles. The first kappa shape index (κ1) is 21.4. The van der Waals surface area contributed by atoms with E-state index in [4.69, 9.17) is 4.74 Å². The fraction of sp³-hybridized carbons (Fsp3) is 0.875. The molecule has 2 aliphatic rings. The van der Waals surface area contributed by atoms with E-state index in [0.29, 0.717) is 19.0 Å². The van der Waals surface area contributed by atoms with Crippen LogP contribution in [0.15, 0.2) is 4.99 Å². The molecule has 2 rings (SSSR count). The maximum Gasteiger partial charge on any atom is 0.221 e. The molecule has 0 aromatic heterocycles. The van der Waals surface area contributed by atoms with Crippen LogP contribution in [0.25, 0.3) is 0 Å². The van der Waals surface area contributed by atoms with Crippen molar-refractivity contribution in [1.29, 1.82) is 0 Å². The summed E-state index contributed by atoms with van der Waals surface area (Å²) in [4.78, 5) is 20.9. The summed E-state index contributed by atoms with van der Waals surface area (Å²) in [6.45, 7) is 10.3. The van der Waals surface area contributed by atoms with Crippen molar-refractivity contribution in [3.05, 3.63) is 0 Å². The Kier molecular flexibility index (Phi) is 9.91. The largest absolute Gasteiger partial charge is 0.379 e. The van der Waals surface area contributed by atoms with Gasteiger partial charge in [0.1, 0.15) is 0 Å². The minimum absolute atomic E-state index is 0. The summed E-state index contributed by atoms with van der Waals surface area (Å²) in [6.07, 6.45) is 1.63. The smallest absolute Gasteiger partial charge is 0.221 e. The standard InChI is InChI=1S/C16H31N5O2.HI/c1-13(2)19-15(22)4-6-18-16(17-3)21-7-5-14(12-21)20-8-10-23-11-9-20;/h13-14H,4-12H2,1-3H3,(H,17,18)(H,19,22);1H. The van der Waals surface area contributed by atoms with Gasteiger partial charge in [-0.15, -0.1) is 24.0 Å². The molecular formula is C16H32IN5O2. The zero-order valence-corrected chi connectivity index (χ0v) is 17.4. The van der Waals surface area contributed by atoms with Gasteiger partial charge in [0.25, 0.3) is 0 Å². The van der Waals surface area contributed by atoms with Crippen LogP contribution in [0, 0.1) is 0 Å². The van der Waals surface area contributed by atoms with Gasteiger partial charge in [0.2, 0.25) is 5.91 Å². The SMILES string of the molecule is CN=C(NCCC(=O)NC(C)C)N1CCC(N2CCOCC2)C1.I. The lowest BCUT2D eigenvalue weighted by Crippen LogP contribution is -2.47. The van der Waals surface area contributed by atoms with Gasteiger partial charge in [-0.25, -0.2) is 0 Å². The Balaban J connectivity index is 0.00000288. The summed E-state index contributed by atoms with van der Waals surface area (Å²) in [5.74, 6) is 0.980. The van der Waals surface area contributed by atoms with Gasteiger partial charge in [0.15, 0.2) is 5.96 Å². The fourth-order valence-corrected chi connectivity index (χ4v) is 3.19. The Hall–Kier alpha value is -0.610. The number of morpholine rings is 1. The number of likely N-dealkylation sites (tertiary alicyclic amines) is 1. The highest BCUT2D eigenvalue weighted by atomic mass is 127. The average Bonchev–Trinajstić information content (AvgIpc) is 3.01. The molecule has 140 valence electrons. The number of aliphatic imine (C=N–C) groups is 1. The van der Waals surface area contributed by atoms with Gasteiger partial charge in [-0.2, -0.15) is 0 Å². The Bertz CT molecular complexity index is 413. The third kappa shape index (κ3) is 6.72. The van der Waals surface area contributed by atoms with E-state index in [2.05, 4.69) is 25.4 Å². The van der Waals surface area contributed by atoms with E-state index in [-0.39, 0.29) is 35.9 Å². The molecule has 24 heavy (non-hydrogen) atoms. The second-order valence-corrected chi connectivity index (χ2v) is 6.48. The zero-order chi connectivity index (χ0) is 16.7. The normalized spacial score (nSPS) is 22.4. The van der Waals surface area contributed by atoms with Gasteiger partial charge in [0.05, 0.1) is 13.2 Å². The number of halogens is 1. The van der Waals surface area contributed by atoms with Crippen molar-refractivity contribution in [3.8, 4) is 0 Å². The first-order valence-corrected chi connectivity index (χ1v) is 8.67. The summed E-state index contributed by atoms with van der Waals surface area (Å²) in [5.41, 5.74) is 0. The van der Waals surface area contributed by atoms with Crippen molar-refractivity contribution >= 4 is 35.8 Å². The lowest BCUT2D eigenvalue weighted by molar-refractivity contribution is -0.121. The van der Waals surface area contributed by atoms with Crippen LogP contribution in [0.2, 0.25) is 0 Å². The monoisotopic (exact) mass is 453 g/mol. The molecule has 2 fully saturated rings. The van der Waals surface area contributed by atoms with Crippen LogP contribution in [-0.2, 0) is 9.53 Å². The number of ether oxygens (including phenoxy) is 1. The molecule has 0 bridgehead atoms. The van der Waals surface area contributed by atoms with E-state index in [9.17, 15) is 4.79 Å². The van der Waals surface area contributed by atoms with Crippen LogP contribution in [0.3, 0.4) is 0 Å². The van der Waals surface area contributed by atoms with Crippen LogP contribution in [0.1, 0.15) is 26.7 Å². The Morgan fingerprint density at radius 3 is 2.62 bits per heavy atom. The molecule has 1 atom stereocenters. The third-order valence-corrected chi connectivity index (χ3v) is 4.32. The van der Waals surface area contributed by atoms with Crippen molar-refractivity contribution in [2.24, 2.45) is 4.99 Å². The number of nitrogens with zero attached hydrogens (tertiary/aromatic N) is 3. The minimum Gasteiger partial charge on any atom is -0.379 e. The predicted octanol–water partition coefficient (Wildman–Crippen LogP) is 0.501. The number of carbonyl (C=O) groups is 1. The molecule has 0 saturated carbocycles. The van der Waals surface area contributed by atoms with Gasteiger partial charge in [-0.1, -0.05) is 0 Å². The van der Waals surface area contributed by atoms with Crippen molar-refractivity contribution in [1.82, 2.24) is 20.4 Å². The lowest BCUT2D eigenvalue weighted by atomic mass is 10.2. The first-order valence-electron chi connectivity index (χ1n) is 8.67. The maximum atomic E-state index is 11.7. The number of carbonyl (C=O) groups excluding carboxylic acids is 1. The molecule has 0 radical (unpaired) electrons. The minimum atomic E-state index is 0. The van der Waals surface area contributed by atoms with E-state index in [0.717, 1.165) is 51.8 Å². The molecule has 1 amide bonds. The molecule has 7 nitrogen and oxygen atoms in total. The van der Waals surface area contributed by atoms with Gasteiger partial charge < -0.3 is 20.3 Å². The lowest BCUT2D eigenvalue weighted by Gasteiger charge is -2.32. The number of hydrogen-bond acceptors (Lipinski definition) is 4. The van der Waals surface area contributed by atoms with E-state index in [1.54, 1.807) is 7.05 Å². The van der Waals surface area contributed by atoms with Crippen molar-refractivity contribution in [2.75, 3.05) is 53.0 Å². The Morgan fingerprint density at radius 1 is 1.29 bits per heavy atom. The number of guanidine groups is 1. The molecule has 1 unspecified atom stereocenters. The highest BCUT2D eigenvalue weighted by Gasteiger charge is 2.30. The number of rotatable bonds is 5. The Morgan fingerprint density at radius 2 is 2.00 bits per heavy atom. The van der Waals surface area contributed by atoms with Crippen LogP contribution in [0.5, 0.6) is 0 Å². The van der Waals surface area contributed by atoms with Crippen LogP contribution in [-0.4, -0.2) is 86.7 Å². The maximum absolute atomic E-state index is 11.7. The van der Waals surface area contributed by atoms with Gasteiger partial charge in [-0.3, -0.25) is 14.7 Å². The average molecular weight is 453 g/mol. The van der Waals surface area contributed by atoms with Crippen LogP contribution < -0.4 is 10.6 Å². The second kappa shape index (κ2) is 11.1. The van der Waals surface area contributed by atoms with Gasteiger partial charge in [-0.05, 0) is 20.3 Å². The molecular weight excluding hydrogens is 421 g/mol. The molecule has 0 aliphatic carbocycles. The molecule has 2 aliphatic heterocycles. The first-order chi connectivity index (χ1) is 11.1. The van der Waals surface area contributed by atoms with Gasteiger partial charge in [0, 0.05) is 58.3 Å².